The molecule has 0 saturated carbocycles. The first kappa shape index (κ1) is 9.18. The summed E-state index contributed by atoms with van der Waals surface area (Å²) in [4.78, 5) is 0. The van der Waals surface area contributed by atoms with Crippen LogP contribution in [0.15, 0.2) is 16.6 Å². The second-order valence-electron chi connectivity index (χ2n) is 1.66. The number of hydrogen-bond acceptors (Lipinski definition) is 0. The van der Waals surface area contributed by atoms with Crippen molar-refractivity contribution in [2.75, 3.05) is 0 Å². The van der Waals surface area contributed by atoms with E-state index < -0.39 is 0 Å². The fourth-order valence-electron chi connectivity index (χ4n) is 0.502. The van der Waals surface area contributed by atoms with Crippen molar-refractivity contribution < 1.29 is 4.39 Å². The van der Waals surface area contributed by atoms with E-state index in [2.05, 4.69) is 38.5 Å². The summed E-state index contributed by atoms with van der Waals surface area (Å²) in [6.07, 6.45) is 0. The molecule has 0 atom stereocenters. The van der Waals surface area contributed by atoms with Crippen LogP contribution < -0.4 is 0 Å². The average Bonchev–Trinajstić information content (AvgIpc) is 1.93. The van der Waals surface area contributed by atoms with E-state index in [4.69, 9.17) is 0 Å². The third kappa shape index (κ3) is 1.82. The summed E-state index contributed by atoms with van der Waals surface area (Å²) in [5, 5.41) is 0. The van der Waals surface area contributed by atoms with Gasteiger partial charge < -0.3 is 0 Å². The maximum absolute atomic E-state index is 12.9. The Bertz CT molecular complexity index is 235. The lowest BCUT2D eigenvalue weighted by Gasteiger charge is -1.98. The van der Waals surface area contributed by atoms with Gasteiger partial charge in [0, 0.05) is 3.57 Å². The third-order valence-electron chi connectivity index (χ3n) is 0.988. The highest BCUT2D eigenvalue weighted by Crippen LogP contribution is 2.24. The van der Waals surface area contributed by atoms with E-state index in [1.807, 2.05) is 28.7 Å². The Labute approximate surface area is 94.0 Å². The fraction of sp³-hybridized carbons (Fsp3) is 0. The van der Waals surface area contributed by atoms with Gasteiger partial charge in [0.05, 0.1) is 8.04 Å². The summed E-state index contributed by atoms with van der Waals surface area (Å²) in [5.41, 5.74) is 0. The highest BCUT2D eigenvalue weighted by molar-refractivity contribution is 14.1. The van der Waals surface area contributed by atoms with Gasteiger partial charge in [-0.1, -0.05) is 0 Å². The van der Waals surface area contributed by atoms with Crippen molar-refractivity contribution in [2.45, 2.75) is 0 Å². The quantitative estimate of drug-likeness (QED) is 0.336. The molecule has 0 spiro atoms. The maximum Gasteiger partial charge on any atom is 0.151 e. The molecule has 1 aromatic rings. The lowest BCUT2D eigenvalue weighted by Crippen LogP contribution is -1.86. The number of rotatable bonds is 0. The Morgan fingerprint density at radius 1 is 1.30 bits per heavy atom. The van der Waals surface area contributed by atoms with E-state index in [0.29, 0.717) is 8.04 Å². The van der Waals surface area contributed by atoms with Crippen LogP contribution >= 0.6 is 61.1 Å². The number of halogens is 4. The van der Waals surface area contributed by atoms with Gasteiger partial charge in [0.1, 0.15) is 0 Å². The molecule has 0 aliphatic rings. The van der Waals surface area contributed by atoms with Crippen LogP contribution in [0.5, 0.6) is 0 Å². The van der Waals surface area contributed by atoms with Crippen molar-refractivity contribution in [3.63, 3.8) is 0 Å². The molecule has 0 saturated heterocycles. The van der Waals surface area contributed by atoms with E-state index in [-0.39, 0.29) is 5.82 Å². The molecule has 0 unspecified atom stereocenters. The molecule has 0 N–H and O–H groups in total. The van der Waals surface area contributed by atoms with Crippen LogP contribution in [0.1, 0.15) is 0 Å². The normalized spacial score (nSPS) is 10.0. The largest absolute Gasteiger partial charge is 0.205 e. The minimum Gasteiger partial charge on any atom is -0.205 e. The lowest BCUT2D eigenvalue weighted by molar-refractivity contribution is 0.612. The first-order chi connectivity index (χ1) is 4.63. The minimum atomic E-state index is -0.174. The molecular weight excluding hydrogens is 425 g/mol. The van der Waals surface area contributed by atoms with E-state index >= 15 is 0 Å². The molecule has 0 aromatic heterocycles. The van der Waals surface area contributed by atoms with Crippen molar-refractivity contribution in [3.05, 3.63) is 29.6 Å². The molecule has 4 heteroatoms. The van der Waals surface area contributed by atoms with Crippen LogP contribution in [0, 0.1) is 13.0 Å². The SMILES string of the molecule is Fc1c(Br)ccc(I)c1I. The highest BCUT2D eigenvalue weighted by Gasteiger charge is 2.05. The Morgan fingerprint density at radius 2 is 1.90 bits per heavy atom. The van der Waals surface area contributed by atoms with E-state index in [0.717, 1.165) is 3.57 Å². The summed E-state index contributed by atoms with van der Waals surface area (Å²) in [7, 11) is 0. The summed E-state index contributed by atoms with van der Waals surface area (Å²) >= 11 is 7.18. The van der Waals surface area contributed by atoms with E-state index in [1.165, 1.54) is 0 Å². The fourth-order valence-corrected chi connectivity index (χ4v) is 2.09. The monoisotopic (exact) mass is 426 g/mol. The van der Waals surface area contributed by atoms with Gasteiger partial charge in [0.25, 0.3) is 0 Å². The van der Waals surface area contributed by atoms with Gasteiger partial charge in [-0.15, -0.1) is 0 Å². The van der Waals surface area contributed by atoms with Crippen LogP contribution in [-0.2, 0) is 0 Å². The second kappa shape index (κ2) is 3.66. The van der Waals surface area contributed by atoms with Crippen LogP contribution in [0.2, 0.25) is 0 Å². The van der Waals surface area contributed by atoms with Crippen LogP contribution in [0.4, 0.5) is 4.39 Å². The zero-order valence-electron chi connectivity index (χ0n) is 4.67. The molecular formula is C6H2BrFI2. The second-order valence-corrected chi connectivity index (χ2v) is 4.75. The number of benzene rings is 1. The van der Waals surface area contributed by atoms with Gasteiger partial charge in [0.15, 0.2) is 5.82 Å². The van der Waals surface area contributed by atoms with E-state index in [1.54, 1.807) is 6.07 Å². The Kier molecular flexibility index (Phi) is 3.36. The van der Waals surface area contributed by atoms with Crippen LogP contribution in [-0.4, -0.2) is 0 Å². The van der Waals surface area contributed by atoms with Gasteiger partial charge in [-0.2, -0.15) is 0 Å². The Balaban J connectivity index is 3.34. The molecule has 10 heavy (non-hydrogen) atoms. The standard InChI is InChI=1S/C6H2BrFI2/c7-3-1-2-4(9)6(10)5(3)8/h1-2H. The van der Waals surface area contributed by atoms with Crippen LogP contribution in [0.25, 0.3) is 0 Å². The van der Waals surface area contributed by atoms with Gasteiger partial charge in [0.2, 0.25) is 0 Å². The number of hydrogen-bond donors (Lipinski definition) is 0. The molecule has 0 heterocycles. The van der Waals surface area contributed by atoms with Gasteiger partial charge in [-0.3, -0.25) is 0 Å². The topological polar surface area (TPSA) is 0 Å². The highest BCUT2D eigenvalue weighted by atomic mass is 127. The molecule has 1 rings (SSSR count). The smallest absolute Gasteiger partial charge is 0.151 e. The van der Waals surface area contributed by atoms with Crippen molar-refractivity contribution >= 4 is 61.1 Å². The zero-order valence-corrected chi connectivity index (χ0v) is 10.6. The van der Waals surface area contributed by atoms with Gasteiger partial charge in [-0.05, 0) is 73.2 Å². The predicted molar refractivity (Wildman–Crippen MR) is 59.5 cm³/mol. The van der Waals surface area contributed by atoms with Crippen molar-refractivity contribution in [3.8, 4) is 0 Å². The molecule has 0 amide bonds. The summed E-state index contributed by atoms with van der Waals surface area (Å²) in [6.45, 7) is 0. The minimum absolute atomic E-state index is 0.174. The van der Waals surface area contributed by atoms with Crippen molar-refractivity contribution in [1.82, 2.24) is 0 Å². The molecule has 0 fully saturated rings. The molecule has 1 aromatic carbocycles. The Morgan fingerprint density at radius 3 is 2.40 bits per heavy atom. The Hall–Kier alpha value is 1.09. The van der Waals surface area contributed by atoms with Gasteiger partial charge >= 0.3 is 0 Å². The molecule has 0 bridgehead atoms. The third-order valence-corrected chi connectivity index (χ3v) is 4.59. The van der Waals surface area contributed by atoms with Crippen molar-refractivity contribution in [2.24, 2.45) is 0 Å². The molecule has 0 nitrogen and oxygen atoms in total. The molecule has 0 aliphatic carbocycles. The van der Waals surface area contributed by atoms with Crippen LogP contribution in [0.3, 0.4) is 0 Å². The summed E-state index contributed by atoms with van der Waals surface area (Å²) in [5.74, 6) is -0.174. The molecule has 0 radical (unpaired) electrons. The summed E-state index contributed by atoms with van der Waals surface area (Å²) in [6, 6.07) is 3.58. The van der Waals surface area contributed by atoms with Gasteiger partial charge in [-0.25, -0.2) is 4.39 Å². The molecule has 54 valence electrons. The summed E-state index contributed by atoms with van der Waals surface area (Å²) < 4.78 is 15.1. The van der Waals surface area contributed by atoms with Crippen molar-refractivity contribution in [1.29, 1.82) is 0 Å². The first-order valence-corrected chi connectivity index (χ1v) is 5.37. The maximum atomic E-state index is 12.9. The average molecular weight is 427 g/mol. The lowest BCUT2D eigenvalue weighted by atomic mass is 10.4. The predicted octanol–water partition coefficient (Wildman–Crippen LogP) is 3.80. The molecule has 0 aliphatic heterocycles. The van der Waals surface area contributed by atoms with E-state index in [9.17, 15) is 4.39 Å². The zero-order chi connectivity index (χ0) is 7.72. The first-order valence-electron chi connectivity index (χ1n) is 2.42.